The summed E-state index contributed by atoms with van der Waals surface area (Å²) < 4.78 is 21.4. The van der Waals surface area contributed by atoms with Gasteiger partial charge in [-0.15, -0.1) is 0 Å². The number of nitro benzene ring substituents is 1. The zero-order valence-electron chi connectivity index (χ0n) is 7.89. The van der Waals surface area contributed by atoms with Crippen LogP contribution in [0.4, 0.5) is 5.69 Å². The summed E-state index contributed by atoms with van der Waals surface area (Å²) in [5.41, 5.74) is 0.256. The summed E-state index contributed by atoms with van der Waals surface area (Å²) >= 11 is 5.77. The fraction of sp³-hybridized carbons (Fsp3) is 0.250. The quantitative estimate of drug-likeness (QED) is 0.483. The van der Waals surface area contributed by atoms with E-state index < -0.39 is 14.0 Å². The predicted octanol–water partition coefficient (Wildman–Crippen LogP) is 2.36. The second-order valence-corrected chi connectivity index (χ2v) is 6.33. The number of nitro groups is 1. The Balaban J connectivity index is 2.95. The molecule has 0 saturated heterocycles. The molecule has 0 aliphatic heterocycles. The third-order valence-electron chi connectivity index (χ3n) is 1.86. The van der Waals surface area contributed by atoms with Gasteiger partial charge in [0.25, 0.3) is 5.69 Å². The Labute approximate surface area is 102 Å². The lowest BCUT2D eigenvalue weighted by Gasteiger charge is -2.02. The molecule has 1 aromatic rings. The van der Waals surface area contributed by atoms with Gasteiger partial charge in [0.15, 0.2) is 0 Å². The average molecular weight is 284 g/mol. The summed E-state index contributed by atoms with van der Waals surface area (Å²) in [5.74, 6) is -0.310. The molecule has 0 bridgehead atoms. The van der Waals surface area contributed by atoms with Gasteiger partial charge in [0.2, 0.25) is 9.05 Å². The maximum Gasteiger partial charge on any atom is 0.269 e. The number of hydrogen-bond acceptors (Lipinski definition) is 4. The Morgan fingerprint density at radius 1 is 1.38 bits per heavy atom. The monoisotopic (exact) mass is 283 g/mol. The number of rotatable bonds is 4. The van der Waals surface area contributed by atoms with E-state index in [0.29, 0.717) is 5.56 Å². The van der Waals surface area contributed by atoms with Crippen LogP contribution in [0.1, 0.15) is 5.56 Å². The molecule has 16 heavy (non-hydrogen) atoms. The zero-order valence-corrected chi connectivity index (χ0v) is 10.2. The molecule has 0 atom stereocenters. The first-order valence-electron chi connectivity index (χ1n) is 4.15. The highest BCUT2D eigenvalue weighted by molar-refractivity contribution is 8.13. The molecule has 0 saturated carbocycles. The van der Waals surface area contributed by atoms with Crippen molar-refractivity contribution in [3.8, 4) is 0 Å². The first-order chi connectivity index (χ1) is 7.29. The minimum atomic E-state index is -3.63. The molecule has 88 valence electrons. The lowest BCUT2D eigenvalue weighted by Crippen LogP contribution is -2.02. The normalized spacial score (nSPS) is 11.4. The largest absolute Gasteiger partial charge is 0.269 e. The highest BCUT2D eigenvalue weighted by Gasteiger charge is 2.12. The summed E-state index contributed by atoms with van der Waals surface area (Å²) in [4.78, 5) is 9.91. The first-order valence-corrected chi connectivity index (χ1v) is 7.00. The molecule has 1 aromatic carbocycles. The van der Waals surface area contributed by atoms with Crippen LogP contribution in [0.2, 0.25) is 5.02 Å². The third-order valence-corrected chi connectivity index (χ3v) is 3.38. The van der Waals surface area contributed by atoms with Gasteiger partial charge in [-0.3, -0.25) is 10.1 Å². The molecule has 0 amide bonds. The summed E-state index contributed by atoms with van der Waals surface area (Å²) in [6.07, 6.45) is 0.0480. The van der Waals surface area contributed by atoms with Crippen molar-refractivity contribution in [2.45, 2.75) is 6.42 Å². The summed E-state index contributed by atoms with van der Waals surface area (Å²) in [5, 5.41) is 10.8. The second kappa shape index (κ2) is 4.99. The van der Waals surface area contributed by atoms with Gasteiger partial charge in [0.05, 0.1) is 10.7 Å². The summed E-state index contributed by atoms with van der Waals surface area (Å²) in [6, 6.07) is 3.85. The van der Waals surface area contributed by atoms with E-state index in [0.717, 1.165) is 0 Å². The van der Waals surface area contributed by atoms with Crippen molar-refractivity contribution < 1.29 is 13.3 Å². The van der Waals surface area contributed by atoms with Gasteiger partial charge in [-0.25, -0.2) is 8.42 Å². The van der Waals surface area contributed by atoms with Gasteiger partial charge < -0.3 is 0 Å². The Hall–Kier alpha value is -0.850. The fourth-order valence-corrected chi connectivity index (χ4v) is 2.01. The van der Waals surface area contributed by atoms with E-state index in [-0.39, 0.29) is 22.9 Å². The summed E-state index contributed by atoms with van der Waals surface area (Å²) in [6.45, 7) is 0. The molecular formula is C8H7Cl2NO4S. The minimum Gasteiger partial charge on any atom is -0.258 e. The zero-order chi connectivity index (χ0) is 12.3. The van der Waals surface area contributed by atoms with Gasteiger partial charge >= 0.3 is 0 Å². The Morgan fingerprint density at radius 3 is 2.50 bits per heavy atom. The van der Waals surface area contributed by atoms with Gasteiger partial charge in [-0.1, -0.05) is 11.6 Å². The Kier molecular flexibility index (Phi) is 4.12. The van der Waals surface area contributed by atoms with Crippen LogP contribution in [0.15, 0.2) is 18.2 Å². The smallest absolute Gasteiger partial charge is 0.258 e. The fourth-order valence-electron chi connectivity index (χ4n) is 1.10. The number of hydrogen-bond donors (Lipinski definition) is 0. The van der Waals surface area contributed by atoms with Crippen molar-refractivity contribution in [3.63, 3.8) is 0 Å². The van der Waals surface area contributed by atoms with Crippen molar-refractivity contribution in [2.24, 2.45) is 0 Å². The molecule has 0 aromatic heterocycles. The molecule has 5 nitrogen and oxygen atoms in total. The van der Waals surface area contributed by atoms with E-state index >= 15 is 0 Å². The predicted molar refractivity (Wildman–Crippen MR) is 61.5 cm³/mol. The maximum absolute atomic E-state index is 10.7. The minimum absolute atomic E-state index is 0.0480. The van der Waals surface area contributed by atoms with Gasteiger partial charge in [-0.2, -0.15) is 0 Å². The van der Waals surface area contributed by atoms with Crippen LogP contribution in [0.3, 0.4) is 0 Å². The Morgan fingerprint density at radius 2 is 2.00 bits per heavy atom. The molecule has 0 heterocycles. The molecule has 0 aliphatic carbocycles. The number of benzene rings is 1. The van der Waals surface area contributed by atoms with Crippen molar-refractivity contribution >= 4 is 37.0 Å². The maximum atomic E-state index is 10.7. The highest BCUT2D eigenvalue weighted by Crippen LogP contribution is 2.23. The molecule has 0 spiro atoms. The lowest BCUT2D eigenvalue weighted by atomic mass is 10.1. The van der Waals surface area contributed by atoms with Crippen LogP contribution >= 0.6 is 22.3 Å². The van der Waals surface area contributed by atoms with E-state index in [1.807, 2.05) is 0 Å². The molecule has 0 fully saturated rings. The second-order valence-electron chi connectivity index (χ2n) is 3.03. The molecule has 0 unspecified atom stereocenters. The van der Waals surface area contributed by atoms with Crippen molar-refractivity contribution in [3.05, 3.63) is 38.9 Å². The van der Waals surface area contributed by atoms with Crippen LogP contribution in [0, 0.1) is 10.1 Å². The van der Waals surface area contributed by atoms with Crippen LogP contribution in [0.5, 0.6) is 0 Å². The number of aryl methyl sites for hydroxylation is 1. The van der Waals surface area contributed by atoms with E-state index in [1.54, 1.807) is 0 Å². The van der Waals surface area contributed by atoms with E-state index in [1.165, 1.54) is 18.2 Å². The van der Waals surface area contributed by atoms with Crippen molar-refractivity contribution in [1.29, 1.82) is 0 Å². The van der Waals surface area contributed by atoms with E-state index in [4.69, 9.17) is 22.3 Å². The molecule has 0 aliphatic rings. The van der Waals surface area contributed by atoms with Gasteiger partial charge in [-0.05, 0) is 18.1 Å². The number of nitrogens with zero attached hydrogens (tertiary/aromatic N) is 1. The molecule has 0 N–H and O–H groups in total. The first kappa shape index (κ1) is 13.2. The van der Waals surface area contributed by atoms with Crippen molar-refractivity contribution in [2.75, 3.05) is 5.75 Å². The topological polar surface area (TPSA) is 77.3 Å². The van der Waals surface area contributed by atoms with Gasteiger partial charge in [0.1, 0.15) is 0 Å². The standard InChI is InChI=1S/C8H7Cl2NO4S/c9-8-2-1-7(11(12)13)5-6(8)3-4-16(10,14)15/h1-2,5H,3-4H2. The SMILES string of the molecule is O=[N+]([O-])c1ccc(Cl)c(CCS(=O)(=O)Cl)c1. The average Bonchev–Trinajstić information content (AvgIpc) is 2.14. The highest BCUT2D eigenvalue weighted by atomic mass is 35.7. The van der Waals surface area contributed by atoms with Gasteiger partial charge in [0, 0.05) is 27.8 Å². The third kappa shape index (κ3) is 3.96. The van der Waals surface area contributed by atoms with Crippen LogP contribution < -0.4 is 0 Å². The molecule has 0 radical (unpaired) electrons. The molecule has 8 heteroatoms. The van der Waals surface area contributed by atoms with E-state index in [2.05, 4.69) is 0 Å². The number of non-ortho nitro benzene ring substituents is 1. The van der Waals surface area contributed by atoms with Crippen LogP contribution in [0.25, 0.3) is 0 Å². The Bertz CT molecular complexity index is 515. The number of halogens is 2. The van der Waals surface area contributed by atoms with Crippen molar-refractivity contribution in [1.82, 2.24) is 0 Å². The van der Waals surface area contributed by atoms with Crippen LogP contribution in [-0.4, -0.2) is 19.1 Å². The molecule has 1 rings (SSSR count). The van der Waals surface area contributed by atoms with E-state index in [9.17, 15) is 18.5 Å². The van der Waals surface area contributed by atoms with Crippen LogP contribution in [-0.2, 0) is 15.5 Å². The summed E-state index contributed by atoms with van der Waals surface area (Å²) in [7, 11) is 1.40. The lowest BCUT2D eigenvalue weighted by molar-refractivity contribution is -0.384. The molecular weight excluding hydrogens is 277 g/mol.